The molecule has 2 aromatic heterocycles. The second-order valence-corrected chi connectivity index (χ2v) is 7.02. The number of amides is 2. The molecule has 1 saturated carbocycles. The topological polar surface area (TPSA) is 148 Å². The van der Waals surface area contributed by atoms with Gasteiger partial charge in [-0.25, -0.2) is 0 Å². The zero-order valence-corrected chi connectivity index (χ0v) is 15.5. The van der Waals surface area contributed by atoms with Crippen molar-refractivity contribution in [3.63, 3.8) is 0 Å². The van der Waals surface area contributed by atoms with Crippen molar-refractivity contribution in [2.24, 2.45) is 5.73 Å². The van der Waals surface area contributed by atoms with Crippen LogP contribution in [0.5, 0.6) is 0 Å². The summed E-state index contributed by atoms with van der Waals surface area (Å²) in [7, 11) is 0. The minimum Gasteiger partial charge on any atom is -0.364 e. The van der Waals surface area contributed by atoms with Gasteiger partial charge >= 0.3 is 0 Å². The highest BCUT2D eigenvalue weighted by atomic mass is 32.1. The third kappa shape index (κ3) is 4.76. The summed E-state index contributed by atoms with van der Waals surface area (Å²) < 4.78 is 4.17. The van der Waals surface area contributed by atoms with Gasteiger partial charge in [0.05, 0.1) is 5.69 Å². The molecule has 142 valence electrons. The quantitative estimate of drug-likeness (QED) is 0.516. The maximum Gasteiger partial charge on any atom is 0.273 e. The molecule has 1 unspecified atom stereocenters. The van der Waals surface area contributed by atoms with Crippen LogP contribution in [0, 0.1) is 6.92 Å². The molecule has 1 aliphatic rings. The van der Waals surface area contributed by atoms with Crippen LogP contribution in [0.25, 0.3) is 0 Å². The molecule has 0 aromatic carbocycles. The highest BCUT2D eigenvalue weighted by molar-refractivity contribution is 7.10. The molecule has 2 atom stereocenters. The molecule has 2 aromatic rings. The molecular formula is C16H20N8O2S. The van der Waals surface area contributed by atoms with Crippen molar-refractivity contribution in [2.45, 2.75) is 38.3 Å². The van der Waals surface area contributed by atoms with Gasteiger partial charge in [-0.15, -0.1) is 10.2 Å². The standard InChI is InChI=1S/C16H20N8O2S/c1-3-11(25)18-9-4-5-10(7-9)19-16-21-15(13(14(17)26)22-23-16)20-12-6-8(2)24-27-12/h3,6,9-10H,1,4-5,7H2,2H3,(H2,17,26)(H,18,25)(H2,19,20,21,23)/t9?,10-/m1/s1. The molecule has 0 spiro atoms. The van der Waals surface area contributed by atoms with Crippen LogP contribution in [0.15, 0.2) is 18.7 Å². The van der Waals surface area contributed by atoms with Crippen molar-refractivity contribution in [3.8, 4) is 0 Å². The van der Waals surface area contributed by atoms with Crippen molar-refractivity contribution in [2.75, 3.05) is 10.6 Å². The molecule has 11 heteroatoms. The maximum absolute atomic E-state index is 11.6. The molecule has 10 nitrogen and oxygen atoms in total. The molecule has 0 bridgehead atoms. The monoisotopic (exact) mass is 388 g/mol. The Morgan fingerprint density at radius 3 is 2.78 bits per heavy atom. The lowest BCUT2D eigenvalue weighted by molar-refractivity contribution is -0.117. The third-order valence-electron chi connectivity index (χ3n) is 4.09. The second kappa shape index (κ2) is 8.08. The number of primary amides is 1. The third-order valence-corrected chi connectivity index (χ3v) is 4.88. The van der Waals surface area contributed by atoms with Crippen LogP contribution in [-0.2, 0) is 4.79 Å². The molecule has 1 aliphatic carbocycles. The molecule has 27 heavy (non-hydrogen) atoms. The highest BCUT2D eigenvalue weighted by Gasteiger charge is 2.26. The van der Waals surface area contributed by atoms with E-state index in [2.05, 4.69) is 42.1 Å². The lowest BCUT2D eigenvalue weighted by atomic mass is 10.2. The van der Waals surface area contributed by atoms with E-state index in [-0.39, 0.29) is 35.5 Å². The van der Waals surface area contributed by atoms with Gasteiger partial charge in [0.2, 0.25) is 11.9 Å². The van der Waals surface area contributed by atoms with Crippen molar-refractivity contribution in [1.82, 2.24) is 24.9 Å². The lowest BCUT2D eigenvalue weighted by Gasteiger charge is -2.14. The van der Waals surface area contributed by atoms with Gasteiger partial charge in [0.25, 0.3) is 5.91 Å². The Kier molecular flexibility index (Phi) is 5.60. The molecule has 3 rings (SSSR count). The predicted octanol–water partition coefficient (Wildman–Crippen LogP) is 1.11. The summed E-state index contributed by atoms with van der Waals surface area (Å²) in [5.74, 6) is -0.406. The number of nitrogens with zero attached hydrogens (tertiary/aromatic N) is 4. The van der Waals surface area contributed by atoms with Crippen LogP contribution in [0.2, 0.25) is 0 Å². The van der Waals surface area contributed by atoms with Gasteiger partial charge in [-0.05, 0) is 49.9 Å². The smallest absolute Gasteiger partial charge is 0.273 e. The van der Waals surface area contributed by atoms with E-state index in [0.717, 1.165) is 30.0 Å². The zero-order valence-electron chi connectivity index (χ0n) is 14.7. The Hall–Kier alpha value is -3.08. The second-order valence-electron chi connectivity index (χ2n) is 6.22. The molecule has 2 heterocycles. The van der Waals surface area contributed by atoms with Gasteiger partial charge in [0.1, 0.15) is 5.00 Å². The summed E-state index contributed by atoms with van der Waals surface area (Å²) in [6.45, 7) is 5.32. The van der Waals surface area contributed by atoms with Crippen LogP contribution < -0.4 is 21.7 Å². The number of aromatic nitrogens is 4. The SMILES string of the molecule is C=CC(=O)NC1CC[C@@H](Nc2nnc(C(N)=O)c(Nc3cc(C)ns3)n2)C1. The molecule has 0 aliphatic heterocycles. The molecule has 0 radical (unpaired) electrons. The van der Waals surface area contributed by atoms with Gasteiger partial charge in [0.15, 0.2) is 11.5 Å². The minimum atomic E-state index is -0.724. The van der Waals surface area contributed by atoms with Crippen LogP contribution in [0.3, 0.4) is 0 Å². The van der Waals surface area contributed by atoms with Gasteiger partial charge in [-0.2, -0.15) is 9.36 Å². The Bertz CT molecular complexity index is 868. The van der Waals surface area contributed by atoms with Crippen molar-refractivity contribution < 1.29 is 9.59 Å². The van der Waals surface area contributed by atoms with Crippen LogP contribution in [-0.4, -0.2) is 43.5 Å². The summed E-state index contributed by atoms with van der Waals surface area (Å²) in [5, 5.41) is 17.6. The van der Waals surface area contributed by atoms with E-state index in [1.165, 1.54) is 17.6 Å². The van der Waals surface area contributed by atoms with E-state index in [0.29, 0.717) is 0 Å². The van der Waals surface area contributed by atoms with E-state index >= 15 is 0 Å². The molecule has 0 saturated heterocycles. The number of carbonyl (C=O) groups excluding carboxylic acids is 2. The minimum absolute atomic E-state index is 0.0471. The first kappa shape index (κ1) is 18.7. The first-order valence-electron chi connectivity index (χ1n) is 8.39. The predicted molar refractivity (Wildman–Crippen MR) is 102 cm³/mol. The number of aryl methyl sites for hydroxylation is 1. The average Bonchev–Trinajstić information content (AvgIpc) is 3.23. The normalized spacial score (nSPS) is 18.7. The highest BCUT2D eigenvalue weighted by Crippen LogP contribution is 2.25. The zero-order chi connectivity index (χ0) is 19.4. The summed E-state index contributed by atoms with van der Waals surface area (Å²) in [4.78, 5) is 27.4. The van der Waals surface area contributed by atoms with Gasteiger partial charge in [0, 0.05) is 12.1 Å². The van der Waals surface area contributed by atoms with Gasteiger partial charge < -0.3 is 21.7 Å². The first-order valence-corrected chi connectivity index (χ1v) is 9.16. The van der Waals surface area contributed by atoms with E-state index in [4.69, 9.17) is 5.73 Å². The number of rotatable bonds is 7. The van der Waals surface area contributed by atoms with Gasteiger partial charge in [-0.1, -0.05) is 6.58 Å². The lowest BCUT2D eigenvalue weighted by Crippen LogP contribution is -2.32. The number of anilines is 3. The Morgan fingerprint density at radius 2 is 2.11 bits per heavy atom. The van der Waals surface area contributed by atoms with Crippen LogP contribution >= 0.6 is 11.5 Å². The maximum atomic E-state index is 11.6. The van der Waals surface area contributed by atoms with Crippen LogP contribution in [0.4, 0.5) is 16.8 Å². The Labute approximate surface area is 159 Å². The van der Waals surface area contributed by atoms with E-state index < -0.39 is 5.91 Å². The average molecular weight is 388 g/mol. The van der Waals surface area contributed by atoms with E-state index in [1.54, 1.807) is 0 Å². The molecular weight excluding hydrogens is 368 g/mol. The number of hydrogen-bond donors (Lipinski definition) is 4. The van der Waals surface area contributed by atoms with Gasteiger partial charge in [-0.3, -0.25) is 9.59 Å². The summed E-state index contributed by atoms with van der Waals surface area (Å²) in [5.41, 5.74) is 6.16. The Morgan fingerprint density at radius 1 is 1.33 bits per heavy atom. The summed E-state index contributed by atoms with van der Waals surface area (Å²) in [6, 6.07) is 1.98. The Balaban J connectivity index is 1.71. The summed E-state index contributed by atoms with van der Waals surface area (Å²) in [6.07, 6.45) is 3.68. The van der Waals surface area contributed by atoms with Crippen molar-refractivity contribution in [3.05, 3.63) is 30.1 Å². The number of nitrogens with one attached hydrogen (secondary N) is 3. The molecule has 1 fully saturated rings. The fourth-order valence-electron chi connectivity index (χ4n) is 2.87. The summed E-state index contributed by atoms with van der Waals surface area (Å²) >= 11 is 1.24. The largest absolute Gasteiger partial charge is 0.364 e. The fourth-order valence-corrected chi connectivity index (χ4v) is 3.53. The van der Waals surface area contributed by atoms with Crippen LogP contribution in [0.1, 0.15) is 35.4 Å². The number of carbonyl (C=O) groups is 2. The molecule has 2 amide bonds. The first-order chi connectivity index (χ1) is 12.9. The number of hydrogen-bond acceptors (Lipinski definition) is 9. The fraction of sp³-hybridized carbons (Fsp3) is 0.375. The van der Waals surface area contributed by atoms with Crippen molar-refractivity contribution in [1.29, 1.82) is 0 Å². The number of nitrogens with two attached hydrogens (primary N) is 1. The van der Waals surface area contributed by atoms with E-state index in [1.807, 2.05) is 13.0 Å². The van der Waals surface area contributed by atoms with E-state index in [9.17, 15) is 9.59 Å². The molecule has 5 N–H and O–H groups in total. The van der Waals surface area contributed by atoms with Crippen molar-refractivity contribution >= 4 is 40.1 Å².